The third-order valence-electron chi connectivity index (χ3n) is 3.12. The van der Waals surface area contributed by atoms with Crippen molar-refractivity contribution >= 4 is 5.82 Å². The smallest absolute Gasteiger partial charge is 0.131 e. The summed E-state index contributed by atoms with van der Waals surface area (Å²) >= 11 is 0. The number of hydrogen-bond donors (Lipinski definition) is 1. The van der Waals surface area contributed by atoms with Gasteiger partial charge in [0, 0.05) is 18.0 Å². The Labute approximate surface area is 113 Å². The molecule has 4 heteroatoms. The normalized spacial score (nSPS) is 10.7. The number of imidazole rings is 1. The van der Waals surface area contributed by atoms with Crippen LogP contribution < -0.4 is 5.73 Å². The van der Waals surface area contributed by atoms with Crippen LogP contribution in [0.2, 0.25) is 0 Å². The molecule has 0 bridgehead atoms. The highest BCUT2D eigenvalue weighted by molar-refractivity contribution is 5.72. The van der Waals surface area contributed by atoms with Gasteiger partial charge in [0.1, 0.15) is 17.3 Å². The van der Waals surface area contributed by atoms with Crippen LogP contribution in [0, 0.1) is 11.3 Å². The highest BCUT2D eigenvalue weighted by atomic mass is 15.2. The van der Waals surface area contributed by atoms with Crippen LogP contribution in [-0.2, 0) is 6.42 Å². The van der Waals surface area contributed by atoms with Crippen LogP contribution >= 0.6 is 0 Å². The maximum Gasteiger partial charge on any atom is 0.131 e. The van der Waals surface area contributed by atoms with Gasteiger partial charge in [-0.2, -0.15) is 5.26 Å². The van der Waals surface area contributed by atoms with Crippen molar-refractivity contribution in [3.63, 3.8) is 0 Å². The molecule has 2 aromatic rings. The Morgan fingerprint density at radius 1 is 1.42 bits per heavy atom. The lowest BCUT2D eigenvalue weighted by molar-refractivity contribution is 0.579. The number of rotatable bonds is 3. The van der Waals surface area contributed by atoms with Gasteiger partial charge in [-0.3, -0.25) is 0 Å². The summed E-state index contributed by atoms with van der Waals surface area (Å²) in [6, 6.07) is 9.80. The van der Waals surface area contributed by atoms with E-state index in [2.05, 4.69) is 31.8 Å². The molecular weight excluding hydrogens is 236 g/mol. The second-order valence-electron chi connectivity index (χ2n) is 4.77. The molecule has 0 fully saturated rings. The standard InChI is InChI=1S/C15H18N4/c1-4-13-18-14(15(17)19(13)10(2)3)12-7-5-6-11(8-12)9-16/h5-8,10H,4,17H2,1-3H3. The van der Waals surface area contributed by atoms with E-state index in [0.717, 1.165) is 23.5 Å². The molecule has 2 N–H and O–H groups in total. The molecule has 0 aliphatic rings. The predicted octanol–water partition coefficient (Wildman–Crippen LogP) is 3.15. The number of hydrogen-bond acceptors (Lipinski definition) is 3. The fourth-order valence-electron chi connectivity index (χ4n) is 2.27. The van der Waals surface area contributed by atoms with E-state index in [9.17, 15) is 0 Å². The molecule has 19 heavy (non-hydrogen) atoms. The van der Waals surface area contributed by atoms with Crippen LogP contribution in [0.3, 0.4) is 0 Å². The summed E-state index contributed by atoms with van der Waals surface area (Å²) in [5, 5.41) is 8.97. The lowest BCUT2D eigenvalue weighted by Gasteiger charge is -2.12. The highest BCUT2D eigenvalue weighted by Crippen LogP contribution is 2.29. The second kappa shape index (κ2) is 5.15. The largest absolute Gasteiger partial charge is 0.383 e. The van der Waals surface area contributed by atoms with Crippen LogP contribution in [0.15, 0.2) is 24.3 Å². The Kier molecular flexibility index (Phi) is 3.57. The number of aryl methyl sites for hydroxylation is 1. The van der Waals surface area contributed by atoms with Crippen molar-refractivity contribution < 1.29 is 0 Å². The Bertz CT molecular complexity index is 632. The van der Waals surface area contributed by atoms with Crippen molar-refractivity contribution in [3.05, 3.63) is 35.7 Å². The van der Waals surface area contributed by atoms with Gasteiger partial charge in [0.2, 0.25) is 0 Å². The van der Waals surface area contributed by atoms with Gasteiger partial charge in [-0.05, 0) is 26.0 Å². The maximum atomic E-state index is 8.97. The molecule has 0 saturated heterocycles. The molecule has 98 valence electrons. The van der Waals surface area contributed by atoms with E-state index in [1.807, 2.05) is 22.8 Å². The molecule has 1 heterocycles. The van der Waals surface area contributed by atoms with Crippen molar-refractivity contribution in [3.8, 4) is 17.3 Å². The van der Waals surface area contributed by atoms with Gasteiger partial charge in [-0.1, -0.05) is 19.1 Å². The first-order valence-corrected chi connectivity index (χ1v) is 6.45. The number of benzene rings is 1. The summed E-state index contributed by atoms with van der Waals surface area (Å²) in [6.07, 6.45) is 0.834. The van der Waals surface area contributed by atoms with E-state index >= 15 is 0 Å². The first-order chi connectivity index (χ1) is 9.08. The van der Waals surface area contributed by atoms with Crippen molar-refractivity contribution in [2.75, 3.05) is 5.73 Å². The first kappa shape index (κ1) is 13.2. The van der Waals surface area contributed by atoms with Crippen molar-refractivity contribution in [2.24, 2.45) is 0 Å². The van der Waals surface area contributed by atoms with Crippen LogP contribution in [0.5, 0.6) is 0 Å². The highest BCUT2D eigenvalue weighted by Gasteiger charge is 2.17. The summed E-state index contributed by atoms with van der Waals surface area (Å²) in [5.41, 5.74) is 8.50. The van der Waals surface area contributed by atoms with Crippen molar-refractivity contribution in [2.45, 2.75) is 33.2 Å². The maximum absolute atomic E-state index is 8.97. The molecule has 1 aromatic heterocycles. The second-order valence-corrected chi connectivity index (χ2v) is 4.77. The van der Waals surface area contributed by atoms with E-state index in [0.29, 0.717) is 11.4 Å². The first-order valence-electron chi connectivity index (χ1n) is 6.45. The molecule has 0 spiro atoms. The molecule has 0 unspecified atom stereocenters. The topological polar surface area (TPSA) is 67.6 Å². The predicted molar refractivity (Wildman–Crippen MR) is 76.6 cm³/mol. The van der Waals surface area contributed by atoms with Crippen LogP contribution in [0.1, 0.15) is 38.2 Å². The third-order valence-corrected chi connectivity index (χ3v) is 3.12. The van der Waals surface area contributed by atoms with Gasteiger partial charge in [-0.25, -0.2) is 4.98 Å². The zero-order chi connectivity index (χ0) is 14.0. The van der Waals surface area contributed by atoms with Crippen LogP contribution in [0.25, 0.3) is 11.3 Å². The molecule has 0 amide bonds. The molecule has 0 aliphatic carbocycles. The molecule has 0 atom stereocenters. The minimum absolute atomic E-state index is 0.273. The molecule has 4 nitrogen and oxygen atoms in total. The summed E-state index contributed by atoms with van der Waals surface area (Å²) in [4.78, 5) is 4.62. The zero-order valence-electron chi connectivity index (χ0n) is 11.5. The average Bonchev–Trinajstić information content (AvgIpc) is 2.75. The zero-order valence-corrected chi connectivity index (χ0v) is 11.5. The Morgan fingerprint density at radius 2 is 2.16 bits per heavy atom. The summed E-state index contributed by atoms with van der Waals surface area (Å²) in [6.45, 7) is 6.25. The lowest BCUT2D eigenvalue weighted by atomic mass is 10.1. The quantitative estimate of drug-likeness (QED) is 0.914. The Balaban J connectivity index is 2.60. The number of nitrogens with two attached hydrogens (primary N) is 1. The molecule has 0 aliphatic heterocycles. The summed E-state index contributed by atoms with van der Waals surface area (Å²) < 4.78 is 2.05. The minimum atomic E-state index is 0.273. The average molecular weight is 254 g/mol. The van der Waals surface area contributed by atoms with Gasteiger partial charge in [0.15, 0.2) is 0 Å². The van der Waals surface area contributed by atoms with Gasteiger partial charge in [0.05, 0.1) is 11.6 Å². The number of anilines is 1. The fraction of sp³-hybridized carbons (Fsp3) is 0.333. The summed E-state index contributed by atoms with van der Waals surface area (Å²) in [7, 11) is 0. The van der Waals surface area contributed by atoms with Gasteiger partial charge in [-0.15, -0.1) is 0 Å². The third kappa shape index (κ3) is 2.32. The van der Waals surface area contributed by atoms with Crippen LogP contribution in [0.4, 0.5) is 5.82 Å². The Morgan fingerprint density at radius 3 is 2.68 bits per heavy atom. The van der Waals surface area contributed by atoms with E-state index in [-0.39, 0.29) is 6.04 Å². The number of aromatic nitrogens is 2. The van der Waals surface area contributed by atoms with E-state index in [1.165, 1.54) is 0 Å². The lowest BCUT2D eigenvalue weighted by Crippen LogP contribution is -2.08. The Hall–Kier alpha value is -2.28. The molecule has 0 saturated carbocycles. The van der Waals surface area contributed by atoms with Gasteiger partial charge >= 0.3 is 0 Å². The summed E-state index contributed by atoms with van der Waals surface area (Å²) in [5.74, 6) is 1.65. The monoisotopic (exact) mass is 254 g/mol. The van der Waals surface area contributed by atoms with E-state index < -0.39 is 0 Å². The molecule has 0 radical (unpaired) electrons. The number of nitrogen functional groups attached to an aromatic ring is 1. The van der Waals surface area contributed by atoms with Crippen LogP contribution in [-0.4, -0.2) is 9.55 Å². The fourth-order valence-corrected chi connectivity index (χ4v) is 2.27. The van der Waals surface area contributed by atoms with Gasteiger partial charge in [0.25, 0.3) is 0 Å². The van der Waals surface area contributed by atoms with Crippen molar-refractivity contribution in [1.82, 2.24) is 9.55 Å². The molecular formula is C15H18N4. The van der Waals surface area contributed by atoms with E-state index in [1.54, 1.807) is 6.07 Å². The van der Waals surface area contributed by atoms with E-state index in [4.69, 9.17) is 11.0 Å². The SMILES string of the molecule is CCc1nc(-c2cccc(C#N)c2)c(N)n1C(C)C. The number of nitrogens with zero attached hydrogens (tertiary/aromatic N) is 3. The number of nitriles is 1. The molecule has 2 rings (SSSR count). The minimum Gasteiger partial charge on any atom is -0.383 e. The molecule has 1 aromatic carbocycles. The van der Waals surface area contributed by atoms with Gasteiger partial charge < -0.3 is 10.3 Å². The van der Waals surface area contributed by atoms with Crippen molar-refractivity contribution in [1.29, 1.82) is 5.26 Å².